The third kappa shape index (κ3) is 3.42. The fraction of sp³-hybridized carbons (Fsp3) is 0.471. The summed E-state index contributed by atoms with van der Waals surface area (Å²) >= 11 is 0. The summed E-state index contributed by atoms with van der Waals surface area (Å²) in [6, 6.07) is 4.71. The summed E-state index contributed by atoms with van der Waals surface area (Å²) in [5.41, 5.74) is 1.35. The van der Waals surface area contributed by atoms with E-state index >= 15 is 0 Å². The normalized spacial score (nSPS) is 23.6. The SMILES string of the molecule is CCC1(C)NC(=O)N(NC(=O)c2ccc(S(=O)(=O)N3CCCC3)cc2)C1=O. The number of hydrogen-bond donors (Lipinski definition) is 2. The quantitative estimate of drug-likeness (QED) is 0.718. The molecule has 3 rings (SSSR count). The molecule has 9 nitrogen and oxygen atoms in total. The highest BCUT2D eigenvalue weighted by Gasteiger charge is 2.47. The second-order valence-corrected chi connectivity index (χ2v) is 8.77. The standard InChI is InChI=1S/C17H22N4O5S/c1-3-17(2)15(23)21(16(24)18-17)19-14(22)12-6-8-13(9-7-12)27(25,26)20-10-4-5-11-20/h6-9H,3-5,10-11H2,1-2H3,(H,18,24)(H,19,22). The zero-order valence-corrected chi connectivity index (χ0v) is 16.0. The summed E-state index contributed by atoms with van der Waals surface area (Å²) in [6.45, 7) is 4.32. The van der Waals surface area contributed by atoms with Crippen LogP contribution < -0.4 is 10.7 Å². The van der Waals surface area contributed by atoms with Gasteiger partial charge >= 0.3 is 6.03 Å². The lowest BCUT2D eigenvalue weighted by molar-refractivity contribution is -0.132. The molecule has 27 heavy (non-hydrogen) atoms. The molecule has 146 valence electrons. The van der Waals surface area contributed by atoms with Crippen LogP contribution >= 0.6 is 0 Å². The molecule has 2 heterocycles. The van der Waals surface area contributed by atoms with Gasteiger partial charge in [0.1, 0.15) is 5.54 Å². The minimum Gasteiger partial charge on any atom is -0.322 e. The summed E-state index contributed by atoms with van der Waals surface area (Å²) in [4.78, 5) is 36.7. The molecule has 0 aromatic heterocycles. The van der Waals surface area contributed by atoms with Crippen molar-refractivity contribution < 1.29 is 22.8 Å². The van der Waals surface area contributed by atoms with Crippen molar-refractivity contribution in [2.45, 2.75) is 43.5 Å². The van der Waals surface area contributed by atoms with Gasteiger partial charge in [0, 0.05) is 18.7 Å². The predicted molar refractivity (Wildman–Crippen MR) is 96.0 cm³/mol. The summed E-state index contributed by atoms with van der Waals surface area (Å²) in [6.07, 6.45) is 2.05. The first-order chi connectivity index (χ1) is 12.7. The van der Waals surface area contributed by atoms with Gasteiger partial charge in [-0.3, -0.25) is 15.0 Å². The lowest BCUT2D eigenvalue weighted by atomic mass is 10.00. The van der Waals surface area contributed by atoms with Gasteiger partial charge < -0.3 is 5.32 Å². The van der Waals surface area contributed by atoms with Crippen LogP contribution in [0.15, 0.2) is 29.2 Å². The highest BCUT2D eigenvalue weighted by atomic mass is 32.2. The van der Waals surface area contributed by atoms with Gasteiger partial charge in [-0.1, -0.05) is 6.92 Å². The van der Waals surface area contributed by atoms with Crippen LogP contribution in [0, 0.1) is 0 Å². The molecule has 4 amide bonds. The molecule has 10 heteroatoms. The van der Waals surface area contributed by atoms with Crippen molar-refractivity contribution in [1.82, 2.24) is 20.1 Å². The monoisotopic (exact) mass is 394 g/mol. The Labute approximate surface area is 157 Å². The van der Waals surface area contributed by atoms with Gasteiger partial charge in [-0.05, 0) is 50.5 Å². The number of imide groups is 1. The van der Waals surface area contributed by atoms with Gasteiger partial charge in [0.05, 0.1) is 4.90 Å². The Morgan fingerprint density at radius 3 is 2.30 bits per heavy atom. The lowest BCUT2D eigenvalue weighted by Crippen LogP contribution is -2.48. The molecule has 0 aliphatic carbocycles. The van der Waals surface area contributed by atoms with Gasteiger partial charge in [-0.15, -0.1) is 0 Å². The molecular formula is C17H22N4O5S. The van der Waals surface area contributed by atoms with Crippen LogP contribution in [0.1, 0.15) is 43.5 Å². The van der Waals surface area contributed by atoms with Crippen LogP contribution in [0.3, 0.4) is 0 Å². The maximum atomic E-state index is 12.5. The maximum absolute atomic E-state index is 12.5. The van der Waals surface area contributed by atoms with Crippen LogP contribution in [-0.2, 0) is 14.8 Å². The third-order valence-corrected chi connectivity index (χ3v) is 6.91. The molecule has 1 aromatic carbocycles. The number of benzene rings is 1. The number of hydrazine groups is 1. The summed E-state index contributed by atoms with van der Waals surface area (Å²) in [5.74, 6) is -1.22. The Morgan fingerprint density at radius 2 is 1.78 bits per heavy atom. The van der Waals surface area contributed by atoms with Crippen LogP contribution in [0.25, 0.3) is 0 Å². The molecule has 0 radical (unpaired) electrons. The van der Waals surface area contributed by atoms with E-state index in [1.165, 1.54) is 28.6 Å². The Hall–Kier alpha value is -2.46. The first-order valence-corrected chi connectivity index (χ1v) is 10.2. The molecule has 0 bridgehead atoms. The molecule has 2 fully saturated rings. The Morgan fingerprint density at radius 1 is 1.19 bits per heavy atom. The number of hydrogen-bond acceptors (Lipinski definition) is 5. The van der Waals surface area contributed by atoms with E-state index in [9.17, 15) is 22.8 Å². The highest BCUT2D eigenvalue weighted by Crippen LogP contribution is 2.22. The average molecular weight is 394 g/mol. The van der Waals surface area contributed by atoms with E-state index < -0.39 is 33.4 Å². The molecule has 2 saturated heterocycles. The van der Waals surface area contributed by atoms with Crippen molar-refractivity contribution >= 4 is 27.9 Å². The van der Waals surface area contributed by atoms with Gasteiger partial charge in [0.25, 0.3) is 11.8 Å². The smallest absolute Gasteiger partial charge is 0.322 e. The van der Waals surface area contributed by atoms with Crippen LogP contribution in [0.4, 0.5) is 4.79 Å². The number of carbonyl (C=O) groups excluding carboxylic acids is 3. The van der Waals surface area contributed by atoms with Crippen molar-refractivity contribution in [2.24, 2.45) is 0 Å². The fourth-order valence-corrected chi connectivity index (χ4v) is 4.56. The third-order valence-electron chi connectivity index (χ3n) is 5.00. The minimum atomic E-state index is -3.57. The van der Waals surface area contributed by atoms with Crippen molar-refractivity contribution in [1.29, 1.82) is 0 Å². The van der Waals surface area contributed by atoms with Crippen LogP contribution in [-0.4, -0.2) is 54.2 Å². The summed E-state index contributed by atoms with van der Waals surface area (Å²) in [7, 11) is -3.57. The van der Waals surface area contributed by atoms with E-state index in [-0.39, 0.29) is 10.5 Å². The fourth-order valence-electron chi connectivity index (χ4n) is 3.05. The molecular weight excluding hydrogens is 372 g/mol. The number of nitrogens with zero attached hydrogens (tertiary/aromatic N) is 2. The summed E-state index contributed by atoms with van der Waals surface area (Å²) < 4.78 is 26.4. The number of rotatable bonds is 5. The zero-order valence-electron chi connectivity index (χ0n) is 15.2. The highest BCUT2D eigenvalue weighted by molar-refractivity contribution is 7.89. The number of sulfonamides is 1. The summed E-state index contributed by atoms with van der Waals surface area (Å²) in [5, 5.41) is 3.19. The largest absolute Gasteiger partial charge is 0.344 e. The van der Waals surface area contributed by atoms with E-state index in [4.69, 9.17) is 0 Å². The second kappa shape index (κ2) is 6.93. The molecule has 1 aromatic rings. The van der Waals surface area contributed by atoms with Gasteiger partial charge in [-0.25, -0.2) is 13.2 Å². The Balaban J connectivity index is 1.73. The average Bonchev–Trinajstić information content (AvgIpc) is 3.26. The molecule has 2 aliphatic heterocycles. The lowest BCUT2D eigenvalue weighted by Gasteiger charge is -2.19. The number of nitrogens with one attached hydrogen (secondary N) is 2. The Kier molecular flexibility index (Phi) is 4.96. The van der Waals surface area contributed by atoms with E-state index in [0.717, 1.165) is 12.8 Å². The molecule has 2 aliphatic rings. The van der Waals surface area contributed by atoms with E-state index in [1.54, 1.807) is 13.8 Å². The van der Waals surface area contributed by atoms with Crippen molar-refractivity contribution in [3.05, 3.63) is 29.8 Å². The first-order valence-electron chi connectivity index (χ1n) is 8.77. The van der Waals surface area contributed by atoms with Crippen LogP contribution in [0.5, 0.6) is 0 Å². The molecule has 0 saturated carbocycles. The molecule has 2 N–H and O–H groups in total. The molecule has 1 atom stereocenters. The molecule has 1 unspecified atom stereocenters. The predicted octanol–water partition coefficient (Wildman–Crippen LogP) is 0.836. The van der Waals surface area contributed by atoms with Gasteiger partial charge in [0.2, 0.25) is 10.0 Å². The van der Waals surface area contributed by atoms with E-state index in [1.807, 2.05) is 0 Å². The number of carbonyl (C=O) groups is 3. The van der Waals surface area contributed by atoms with Gasteiger partial charge in [0.15, 0.2) is 0 Å². The first kappa shape index (κ1) is 19.3. The van der Waals surface area contributed by atoms with E-state index in [2.05, 4.69) is 10.7 Å². The van der Waals surface area contributed by atoms with Crippen molar-refractivity contribution in [3.8, 4) is 0 Å². The number of amides is 4. The van der Waals surface area contributed by atoms with Crippen LogP contribution in [0.2, 0.25) is 0 Å². The molecule has 0 spiro atoms. The van der Waals surface area contributed by atoms with Crippen molar-refractivity contribution in [2.75, 3.05) is 13.1 Å². The zero-order chi connectivity index (χ0) is 19.8. The number of urea groups is 1. The minimum absolute atomic E-state index is 0.106. The van der Waals surface area contributed by atoms with Gasteiger partial charge in [-0.2, -0.15) is 9.31 Å². The maximum Gasteiger partial charge on any atom is 0.344 e. The topological polar surface area (TPSA) is 116 Å². The van der Waals surface area contributed by atoms with Crippen molar-refractivity contribution in [3.63, 3.8) is 0 Å². The van der Waals surface area contributed by atoms with E-state index in [0.29, 0.717) is 24.5 Å². The Bertz CT molecular complexity index is 877. The second-order valence-electron chi connectivity index (χ2n) is 6.83.